The third kappa shape index (κ3) is 4.85. The van der Waals surface area contributed by atoms with Crippen molar-refractivity contribution in [3.05, 3.63) is 64.7 Å². The lowest BCUT2D eigenvalue weighted by Crippen LogP contribution is -2.49. The second kappa shape index (κ2) is 9.22. The van der Waals surface area contributed by atoms with Gasteiger partial charge in [-0.25, -0.2) is 9.80 Å². The van der Waals surface area contributed by atoms with Crippen molar-refractivity contribution in [3.63, 3.8) is 0 Å². The molecule has 0 bridgehead atoms. The lowest BCUT2D eigenvalue weighted by atomic mass is 9.77. The molecule has 0 aliphatic carbocycles. The van der Waals surface area contributed by atoms with Crippen LogP contribution in [0.5, 0.6) is 0 Å². The van der Waals surface area contributed by atoms with Crippen molar-refractivity contribution < 1.29 is 32.3 Å². The molecular weight excluding hydrogens is 463 g/mol. The molecule has 2 aromatic rings. The summed E-state index contributed by atoms with van der Waals surface area (Å²) in [6.45, 7) is 2.33. The van der Waals surface area contributed by atoms with Crippen molar-refractivity contribution >= 4 is 40.8 Å². The van der Waals surface area contributed by atoms with Crippen molar-refractivity contribution in [2.24, 2.45) is 10.5 Å². The van der Waals surface area contributed by atoms with Crippen LogP contribution in [0.2, 0.25) is 5.02 Å². The van der Waals surface area contributed by atoms with E-state index >= 15 is 0 Å². The lowest BCUT2D eigenvalue weighted by molar-refractivity contribution is -0.154. The monoisotopic (exact) mass is 481 g/mol. The first-order valence-corrected chi connectivity index (χ1v) is 10.2. The van der Waals surface area contributed by atoms with Gasteiger partial charge in [-0.05, 0) is 55.8 Å². The van der Waals surface area contributed by atoms with E-state index in [1.165, 1.54) is 6.92 Å². The number of rotatable bonds is 5. The molecule has 3 rings (SSSR count). The van der Waals surface area contributed by atoms with Gasteiger partial charge in [-0.1, -0.05) is 23.7 Å². The summed E-state index contributed by atoms with van der Waals surface area (Å²) in [6, 6.07) is 9.16. The number of nitrogens with zero attached hydrogens (tertiary/aromatic N) is 2. The number of carbonyl (C=O) groups excluding carboxylic acids is 3. The van der Waals surface area contributed by atoms with Gasteiger partial charge in [0.05, 0.1) is 24.4 Å². The number of alkyl halides is 3. The van der Waals surface area contributed by atoms with Gasteiger partial charge >= 0.3 is 18.2 Å². The summed E-state index contributed by atoms with van der Waals surface area (Å²) in [4.78, 5) is 38.4. The molecule has 174 valence electrons. The second-order valence-corrected chi connectivity index (χ2v) is 7.64. The maximum Gasteiger partial charge on any atom is 0.416 e. The first-order valence-electron chi connectivity index (χ1n) is 9.78. The van der Waals surface area contributed by atoms with E-state index in [0.29, 0.717) is 10.6 Å². The summed E-state index contributed by atoms with van der Waals surface area (Å²) >= 11 is 5.93. The van der Waals surface area contributed by atoms with Gasteiger partial charge in [-0.3, -0.25) is 9.59 Å². The normalized spacial score (nSPS) is 18.0. The van der Waals surface area contributed by atoms with Crippen LogP contribution in [-0.2, 0) is 20.5 Å². The molecule has 1 heterocycles. The molecule has 0 fully saturated rings. The first kappa shape index (κ1) is 24.2. The number of ether oxygens (including phenoxy) is 1. The number of benzene rings is 2. The van der Waals surface area contributed by atoms with Gasteiger partial charge in [0.25, 0.3) is 0 Å². The van der Waals surface area contributed by atoms with Gasteiger partial charge in [-0.15, -0.1) is 0 Å². The van der Waals surface area contributed by atoms with Crippen LogP contribution in [0.4, 0.5) is 23.7 Å². The van der Waals surface area contributed by atoms with Gasteiger partial charge in [0.1, 0.15) is 0 Å². The highest BCUT2D eigenvalue weighted by molar-refractivity contribution is 6.32. The Morgan fingerprint density at radius 3 is 2.24 bits per heavy atom. The van der Waals surface area contributed by atoms with Crippen LogP contribution in [0.15, 0.2) is 53.6 Å². The van der Waals surface area contributed by atoms with Crippen molar-refractivity contribution in [1.82, 2.24) is 5.01 Å². The van der Waals surface area contributed by atoms with Gasteiger partial charge in [0, 0.05) is 10.7 Å². The molecule has 1 unspecified atom stereocenters. The molecule has 1 N–H and O–H groups in total. The molecule has 0 saturated heterocycles. The number of Topliss-reactive ketones (excluding diaryl/α,β-unsaturated/α-hetero) is 1. The Balaban J connectivity index is 1.95. The number of amides is 2. The van der Waals surface area contributed by atoms with Gasteiger partial charge in [0.15, 0.2) is 11.2 Å². The topological polar surface area (TPSA) is 88.1 Å². The van der Waals surface area contributed by atoms with E-state index in [0.717, 1.165) is 29.3 Å². The molecule has 1 aliphatic heterocycles. The predicted octanol–water partition coefficient (Wildman–Crippen LogP) is 4.75. The van der Waals surface area contributed by atoms with Crippen molar-refractivity contribution in [3.8, 4) is 0 Å². The molecule has 7 nitrogen and oxygen atoms in total. The summed E-state index contributed by atoms with van der Waals surface area (Å²) in [6.07, 6.45) is -4.52. The maximum atomic E-state index is 12.9. The van der Waals surface area contributed by atoms with Gasteiger partial charge in [-0.2, -0.15) is 18.3 Å². The Kier molecular flexibility index (Phi) is 6.78. The summed E-state index contributed by atoms with van der Waals surface area (Å²) in [5.41, 5.74) is -2.28. The minimum atomic E-state index is -4.52. The molecule has 11 heteroatoms. The number of urea groups is 1. The minimum absolute atomic E-state index is 0.000484. The highest BCUT2D eigenvalue weighted by atomic mass is 35.5. The molecule has 2 aromatic carbocycles. The Bertz CT molecular complexity index is 1100. The largest absolute Gasteiger partial charge is 0.465 e. The van der Waals surface area contributed by atoms with Crippen LogP contribution >= 0.6 is 11.6 Å². The fourth-order valence-electron chi connectivity index (χ4n) is 3.34. The van der Waals surface area contributed by atoms with Crippen LogP contribution < -0.4 is 5.32 Å². The number of nitrogens with one attached hydrogen (secondary N) is 1. The summed E-state index contributed by atoms with van der Waals surface area (Å²) in [5.74, 6) is -1.45. The summed E-state index contributed by atoms with van der Waals surface area (Å²) in [5, 5.41) is 7.92. The highest BCUT2D eigenvalue weighted by Gasteiger charge is 2.56. The molecule has 0 radical (unpaired) electrons. The minimum Gasteiger partial charge on any atom is -0.465 e. The molecule has 0 saturated carbocycles. The van der Waals surface area contributed by atoms with E-state index in [9.17, 15) is 27.6 Å². The number of hydrogen-bond acceptors (Lipinski definition) is 5. The third-order valence-electron chi connectivity index (χ3n) is 5.05. The van der Waals surface area contributed by atoms with Crippen LogP contribution in [0.3, 0.4) is 0 Å². The van der Waals surface area contributed by atoms with Gasteiger partial charge < -0.3 is 10.1 Å². The summed E-state index contributed by atoms with van der Waals surface area (Å²) in [7, 11) is 0. The number of hydrazone groups is 1. The number of ketones is 1. The number of anilines is 1. The van der Waals surface area contributed by atoms with Gasteiger partial charge in [0.2, 0.25) is 0 Å². The quantitative estimate of drug-likeness (QED) is 0.493. The van der Waals surface area contributed by atoms with Crippen LogP contribution in [-0.4, -0.2) is 41.7 Å². The molecule has 33 heavy (non-hydrogen) atoms. The van der Waals surface area contributed by atoms with E-state index in [1.807, 2.05) is 0 Å². The van der Waals surface area contributed by atoms with E-state index in [4.69, 9.17) is 16.3 Å². The van der Waals surface area contributed by atoms with Crippen molar-refractivity contribution in [2.45, 2.75) is 20.0 Å². The van der Waals surface area contributed by atoms with Crippen molar-refractivity contribution in [2.75, 3.05) is 18.5 Å². The van der Waals surface area contributed by atoms with Crippen LogP contribution in [0.25, 0.3) is 0 Å². The van der Waals surface area contributed by atoms with E-state index in [-0.39, 0.29) is 18.0 Å². The number of hydrogen-bond donors (Lipinski definition) is 1. The second-order valence-electron chi connectivity index (χ2n) is 7.20. The van der Waals surface area contributed by atoms with Crippen LogP contribution in [0.1, 0.15) is 25.0 Å². The Morgan fingerprint density at radius 2 is 1.73 bits per heavy atom. The average Bonchev–Trinajstić information content (AvgIpc) is 3.16. The number of esters is 1. The molecule has 1 aliphatic rings. The SMILES string of the molecule is CCOC(=O)C1(C(C)=O)CN(C(=O)Nc2ccc(C(F)(F)F)cc2)N=C1c1ccc(Cl)cc1. The van der Waals surface area contributed by atoms with Crippen molar-refractivity contribution in [1.29, 1.82) is 0 Å². The molecule has 0 spiro atoms. The van der Waals surface area contributed by atoms with E-state index < -0.39 is 41.5 Å². The standard InChI is InChI=1S/C22H19ClF3N3O4/c1-3-33-19(31)21(13(2)30)12-29(28-18(21)14-4-8-16(23)9-5-14)20(32)27-17-10-6-15(7-11-17)22(24,25)26/h4-11H,3,12H2,1-2H3,(H,27,32). The zero-order valence-electron chi connectivity index (χ0n) is 17.6. The Labute approximate surface area is 192 Å². The number of carbonyl (C=O) groups is 3. The number of halogens is 4. The van der Waals surface area contributed by atoms with E-state index in [2.05, 4.69) is 10.4 Å². The molecule has 2 amide bonds. The highest BCUT2D eigenvalue weighted by Crippen LogP contribution is 2.35. The average molecular weight is 482 g/mol. The first-order chi connectivity index (χ1) is 15.5. The predicted molar refractivity (Wildman–Crippen MR) is 115 cm³/mol. The fraction of sp³-hybridized carbons (Fsp3) is 0.273. The van der Waals surface area contributed by atoms with E-state index in [1.54, 1.807) is 31.2 Å². The molecule has 1 atom stereocenters. The molecule has 0 aromatic heterocycles. The third-order valence-corrected chi connectivity index (χ3v) is 5.30. The zero-order chi connectivity index (χ0) is 24.4. The Hall–Kier alpha value is -3.40. The fourth-order valence-corrected chi connectivity index (χ4v) is 3.46. The molecular formula is C22H19ClF3N3O4. The van der Waals surface area contributed by atoms with Crippen LogP contribution in [0, 0.1) is 5.41 Å². The summed E-state index contributed by atoms with van der Waals surface area (Å²) < 4.78 is 43.4. The smallest absolute Gasteiger partial charge is 0.416 e. The Morgan fingerprint density at radius 1 is 1.12 bits per heavy atom. The zero-order valence-corrected chi connectivity index (χ0v) is 18.3. The lowest BCUT2D eigenvalue weighted by Gasteiger charge is -2.25. The maximum absolute atomic E-state index is 12.9.